The molecule has 25 heavy (non-hydrogen) atoms. The van der Waals surface area contributed by atoms with Gasteiger partial charge in [0.25, 0.3) is 0 Å². The molecule has 1 aliphatic rings. The molecule has 4 rings (SSSR count). The predicted octanol–water partition coefficient (Wildman–Crippen LogP) is 3.39. The smallest absolute Gasteiger partial charge is 0.214 e. The fraction of sp³-hybridized carbons (Fsp3) is 0.227. The lowest BCUT2D eigenvalue weighted by Crippen LogP contribution is -2.59. The Hall–Kier alpha value is -2.39. The number of anilines is 2. The Balaban J connectivity index is 2.09. The van der Waals surface area contributed by atoms with Crippen molar-refractivity contribution in [3.8, 4) is 11.3 Å². The zero-order valence-corrected chi connectivity index (χ0v) is 16.7. The third-order valence-electron chi connectivity index (χ3n) is 5.64. The number of aryl methyl sites for hydroxylation is 2. The summed E-state index contributed by atoms with van der Waals surface area (Å²) in [5.41, 5.74) is 6.71. The molecule has 2 heterocycles. The van der Waals surface area contributed by atoms with E-state index in [9.17, 15) is 0 Å². The standard InChI is InChI=1S/C22H25N2Si/c1-16-13-14-20-22(21(16)18-11-8-9-15-23(18)2)24(3)17-10-6-7-12-19(17)25(20,4)5/h6-15H,1-5H3/q+1. The molecule has 2 nitrogen and oxygen atoms in total. The SMILES string of the molecule is Cc1ccc2c(c1-c1cccc[n+]1C)N(C)c1ccccc1[Si]2(C)C. The summed E-state index contributed by atoms with van der Waals surface area (Å²) in [6.45, 7) is 7.18. The van der Waals surface area contributed by atoms with Gasteiger partial charge in [0.15, 0.2) is 6.20 Å². The van der Waals surface area contributed by atoms with Gasteiger partial charge in [0.05, 0.1) is 11.3 Å². The molecule has 0 aliphatic carbocycles. The number of para-hydroxylation sites is 1. The molecule has 0 fully saturated rings. The molecule has 0 atom stereocenters. The van der Waals surface area contributed by atoms with Crippen molar-refractivity contribution in [2.45, 2.75) is 20.0 Å². The predicted molar refractivity (Wildman–Crippen MR) is 109 cm³/mol. The van der Waals surface area contributed by atoms with Gasteiger partial charge in [-0.1, -0.05) is 43.4 Å². The second kappa shape index (κ2) is 5.56. The summed E-state index contributed by atoms with van der Waals surface area (Å²) in [4.78, 5) is 2.40. The molecule has 0 saturated heterocycles. The first-order valence-corrected chi connectivity index (χ1v) is 11.9. The molecular formula is C22H25N2Si+. The number of hydrogen-bond acceptors (Lipinski definition) is 1. The molecule has 0 unspecified atom stereocenters. The normalized spacial score (nSPS) is 14.8. The van der Waals surface area contributed by atoms with Crippen LogP contribution in [0.1, 0.15) is 5.56 Å². The minimum atomic E-state index is -1.73. The highest BCUT2D eigenvalue weighted by Gasteiger charge is 2.39. The third kappa shape index (κ3) is 2.26. The highest BCUT2D eigenvalue weighted by Crippen LogP contribution is 2.38. The van der Waals surface area contributed by atoms with Crippen molar-refractivity contribution in [2.75, 3.05) is 11.9 Å². The van der Waals surface area contributed by atoms with Crippen molar-refractivity contribution in [3.63, 3.8) is 0 Å². The van der Waals surface area contributed by atoms with E-state index in [4.69, 9.17) is 0 Å². The van der Waals surface area contributed by atoms with Crippen LogP contribution in [0.3, 0.4) is 0 Å². The van der Waals surface area contributed by atoms with E-state index in [1.54, 1.807) is 0 Å². The third-order valence-corrected chi connectivity index (χ3v) is 9.16. The monoisotopic (exact) mass is 345 g/mol. The summed E-state index contributed by atoms with van der Waals surface area (Å²) in [6, 6.07) is 20.0. The van der Waals surface area contributed by atoms with Crippen molar-refractivity contribution in [2.24, 2.45) is 7.05 Å². The van der Waals surface area contributed by atoms with Crippen LogP contribution in [0.5, 0.6) is 0 Å². The topological polar surface area (TPSA) is 7.12 Å². The second-order valence-electron chi connectivity index (χ2n) is 7.55. The Labute approximate surface area is 151 Å². The van der Waals surface area contributed by atoms with Crippen molar-refractivity contribution < 1.29 is 4.57 Å². The van der Waals surface area contributed by atoms with Gasteiger partial charge in [-0.2, -0.15) is 0 Å². The number of nitrogens with zero attached hydrogens (tertiary/aromatic N) is 2. The molecule has 3 heteroatoms. The minimum absolute atomic E-state index is 1.27. The van der Waals surface area contributed by atoms with Crippen molar-refractivity contribution in [1.82, 2.24) is 0 Å². The zero-order valence-electron chi connectivity index (χ0n) is 15.7. The zero-order chi connectivity index (χ0) is 17.8. The average Bonchev–Trinajstić information content (AvgIpc) is 2.60. The van der Waals surface area contributed by atoms with Crippen molar-refractivity contribution in [3.05, 3.63) is 66.4 Å². The summed E-state index contributed by atoms with van der Waals surface area (Å²) in [5.74, 6) is 0. The lowest BCUT2D eigenvalue weighted by Gasteiger charge is -2.40. The summed E-state index contributed by atoms with van der Waals surface area (Å²) < 4.78 is 2.23. The van der Waals surface area contributed by atoms with E-state index in [0.717, 1.165) is 0 Å². The molecule has 1 aliphatic heterocycles. The van der Waals surface area contributed by atoms with Gasteiger partial charge in [-0.05, 0) is 35.0 Å². The molecule has 0 saturated carbocycles. The molecule has 0 spiro atoms. The van der Waals surface area contributed by atoms with Crippen LogP contribution in [-0.4, -0.2) is 15.1 Å². The highest BCUT2D eigenvalue weighted by molar-refractivity contribution is 7.02. The van der Waals surface area contributed by atoms with Gasteiger partial charge in [-0.25, -0.2) is 4.57 Å². The Kier molecular flexibility index (Phi) is 3.58. The summed E-state index contributed by atoms with van der Waals surface area (Å²) in [5, 5.41) is 3.05. The Bertz CT molecular complexity index is 976. The van der Waals surface area contributed by atoms with Crippen molar-refractivity contribution in [1.29, 1.82) is 0 Å². The molecule has 1 aromatic heterocycles. The minimum Gasteiger partial charge on any atom is -0.344 e. The van der Waals surface area contributed by atoms with Crippen LogP contribution >= 0.6 is 0 Å². The molecule has 0 radical (unpaired) electrons. The van der Waals surface area contributed by atoms with Gasteiger partial charge >= 0.3 is 0 Å². The number of fused-ring (bicyclic) bond motifs is 2. The average molecular weight is 346 g/mol. The van der Waals surface area contributed by atoms with Crippen LogP contribution in [0.2, 0.25) is 13.1 Å². The second-order valence-corrected chi connectivity index (χ2v) is 11.9. The van der Waals surface area contributed by atoms with Crippen LogP contribution in [0.4, 0.5) is 11.4 Å². The molecule has 0 amide bonds. The Morgan fingerprint density at radius 2 is 1.60 bits per heavy atom. The van der Waals surface area contributed by atoms with Crippen LogP contribution in [0.15, 0.2) is 60.8 Å². The van der Waals surface area contributed by atoms with Crippen molar-refractivity contribution >= 4 is 29.8 Å². The maximum atomic E-state index is 2.47. The fourth-order valence-corrected chi connectivity index (χ4v) is 7.29. The van der Waals surface area contributed by atoms with Gasteiger partial charge in [-0.3, -0.25) is 0 Å². The summed E-state index contributed by atoms with van der Waals surface area (Å²) in [6.07, 6.45) is 2.13. The first kappa shape index (κ1) is 16.1. The Morgan fingerprint density at radius 3 is 2.36 bits per heavy atom. The van der Waals surface area contributed by atoms with Crippen LogP contribution in [0, 0.1) is 6.92 Å². The number of benzene rings is 2. The van der Waals surface area contributed by atoms with Gasteiger partial charge in [0, 0.05) is 24.9 Å². The first-order chi connectivity index (χ1) is 11.9. The molecule has 3 aromatic rings. The first-order valence-electron chi connectivity index (χ1n) is 8.85. The summed E-state index contributed by atoms with van der Waals surface area (Å²) in [7, 11) is 2.62. The van der Waals surface area contributed by atoms with E-state index < -0.39 is 8.07 Å². The van der Waals surface area contributed by atoms with Gasteiger partial charge in [-0.15, -0.1) is 0 Å². The van der Waals surface area contributed by atoms with Crippen LogP contribution in [-0.2, 0) is 7.05 Å². The lowest BCUT2D eigenvalue weighted by molar-refractivity contribution is -0.660. The largest absolute Gasteiger partial charge is 0.344 e. The van der Waals surface area contributed by atoms with Crippen LogP contribution in [0.25, 0.3) is 11.3 Å². The van der Waals surface area contributed by atoms with E-state index in [1.807, 2.05) is 0 Å². The number of pyridine rings is 1. The Morgan fingerprint density at radius 1 is 0.880 bits per heavy atom. The van der Waals surface area contributed by atoms with Crippen LogP contribution < -0.4 is 19.8 Å². The number of aromatic nitrogens is 1. The maximum absolute atomic E-state index is 2.47. The van der Waals surface area contributed by atoms with E-state index in [1.165, 1.54) is 38.6 Å². The number of hydrogen-bond donors (Lipinski definition) is 0. The molecule has 126 valence electrons. The van der Waals surface area contributed by atoms with Gasteiger partial charge in [0.1, 0.15) is 15.1 Å². The molecule has 0 bridgehead atoms. The van der Waals surface area contributed by atoms with Gasteiger partial charge < -0.3 is 4.90 Å². The number of rotatable bonds is 1. The highest BCUT2D eigenvalue weighted by atomic mass is 28.3. The molecule has 2 aromatic carbocycles. The van der Waals surface area contributed by atoms with E-state index in [2.05, 4.69) is 104 Å². The quantitative estimate of drug-likeness (QED) is 0.484. The molecule has 0 N–H and O–H groups in total. The van der Waals surface area contributed by atoms with E-state index in [-0.39, 0.29) is 0 Å². The van der Waals surface area contributed by atoms with E-state index in [0.29, 0.717) is 0 Å². The fourth-order valence-electron chi connectivity index (χ4n) is 4.21. The molecular weight excluding hydrogens is 320 g/mol. The van der Waals surface area contributed by atoms with E-state index >= 15 is 0 Å². The maximum Gasteiger partial charge on any atom is 0.214 e. The van der Waals surface area contributed by atoms with Gasteiger partial charge in [0.2, 0.25) is 5.69 Å². The summed E-state index contributed by atoms with van der Waals surface area (Å²) >= 11 is 0. The lowest BCUT2D eigenvalue weighted by atomic mass is 10.0.